The predicted molar refractivity (Wildman–Crippen MR) is 167 cm³/mol. The number of aromatic hydroxyl groups is 1. The third-order valence-electron chi connectivity index (χ3n) is 8.49. The first-order valence-electron chi connectivity index (χ1n) is 16.1. The van der Waals surface area contributed by atoms with E-state index in [2.05, 4.69) is 37.1 Å². The number of carbonyl (C=O) groups is 1. The average molecular weight is 559 g/mol. The second-order valence-electron chi connectivity index (χ2n) is 12.1. The van der Waals surface area contributed by atoms with Crippen molar-refractivity contribution in [2.45, 2.75) is 129 Å². The molecule has 6 nitrogen and oxygen atoms in total. The first kappa shape index (κ1) is 30.8. The van der Waals surface area contributed by atoms with Gasteiger partial charge in [0, 0.05) is 24.0 Å². The van der Waals surface area contributed by atoms with Crippen LogP contribution in [0.2, 0.25) is 0 Å². The van der Waals surface area contributed by atoms with E-state index in [1.165, 1.54) is 57.8 Å². The van der Waals surface area contributed by atoms with Crippen LogP contribution in [0, 0.1) is 0 Å². The summed E-state index contributed by atoms with van der Waals surface area (Å²) in [6.07, 6.45) is 21.5. The van der Waals surface area contributed by atoms with Gasteiger partial charge in [-0.3, -0.25) is 14.5 Å². The van der Waals surface area contributed by atoms with Gasteiger partial charge in [0.15, 0.2) is 0 Å². The van der Waals surface area contributed by atoms with E-state index in [9.17, 15) is 9.90 Å². The number of anilines is 1. The number of hydrogen-bond donors (Lipinski definition) is 1. The molecule has 1 unspecified atom stereocenters. The van der Waals surface area contributed by atoms with Gasteiger partial charge in [-0.05, 0) is 60.9 Å². The van der Waals surface area contributed by atoms with E-state index in [4.69, 9.17) is 0 Å². The van der Waals surface area contributed by atoms with Gasteiger partial charge < -0.3 is 10.0 Å². The number of aromatic nitrogens is 3. The van der Waals surface area contributed by atoms with E-state index >= 15 is 0 Å². The molecule has 4 rings (SSSR count). The molecule has 1 aliphatic rings. The van der Waals surface area contributed by atoms with Crippen LogP contribution in [0.1, 0.15) is 132 Å². The summed E-state index contributed by atoms with van der Waals surface area (Å²) in [5.41, 5.74) is 4.70. The fourth-order valence-corrected chi connectivity index (χ4v) is 6.02. The molecule has 6 heteroatoms. The Bertz CT molecular complexity index is 1220. The molecule has 0 saturated carbocycles. The van der Waals surface area contributed by atoms with Gasteiger partial charge in [-0.1, -0.05) is 90.7 Å². The fourth-order valence-electron chi connectivity index (χ4n) is 6.02. The monoisotopic (exact) mass is 558 g/mol. The van der Waals surface area contributed by atoms with Gasteiger partial charge in [0.25, 0.3) is 0 Å². The number of benzene rings is 1. The third-order valence-corrected chi connectivity index (χ3v) is 8.49. The molecule has 3 aromatic rings. The lowest BCUT2D eigenvalue weighted by Crippen LogP contribution is -2.36. The van der Waals surface area contributed by atoms with Crippen LogP contribution in [0.4, 0.5) is 5.69 Å². The zero-order chi connectivity index (χ0) is 29.0. The molecule has 2 aromatic heterocycles. The van der Waals surface area contributed by atoms with Crippen molar-refractivity contribution < 1.29 is 9.90 Å². The van der Waals surface area contributed by atoms with Crippen molar-refractivity contribution in [3.8, 4) is 5.75 Å². The number of phenols is 1. The van der Waals surface area contributed by atoms with Gasteiger partial charge >= 0.3 is 0 Å². The van der Waals surface area contributed by atoms with Crippen LogP contribution in [0.25, 0.3) is 0 Å². The molecule has 0 spiro atoms. The maximum absolute atomic E-state index is 14.2. The Balaban J connectivity index is 1.39. The molecule has 222 valence electrons. The highest BCUT2D eigenvalue weighted by atomic mass is 16.3. The zero-order valence-corrected chi connectivity index (χ0v) is 25.5. The molecule has 0 fully saturated rings. The largest absolute Gasteiger partial charge is 0.508 e. The van der Waals surface area contributed by atoms with Crippen LogP contribution in [0.3, 0.4) is 0 Å². The molecular formula is C35H50N4O2. The Hall–Kier alpha value is -3.15. The smallest absolute Gasteiger partial charge is 0.234 e. The summed E-state index contributed by atoms with van der Waals surface area (Å²) >= 11 is 0. The maximum Gasteiger partial charge on any atom is 0.234 e. The number of pyridine rings is 1. The Morgan fingerprint density at radius 1 is 1.00 bits per heavy atom. The number of fused-ring (bicyclic) bond motifs is 1. The summed E-state index contributed by atoms with van der Waals surface area (Å²) in [5.74, 6) is 0.392. The molecule has 1 aromatic carbocycles. The zero-order valence-electron chi connectivity index (χ0n) is 25.5. The number of amides is 1. The normalized spacial score (nSPS) is 14.8. The van der Waals surface area contributed by atoms with Gasteiger partial charge in [0.2, 0.25) is 5.91 Å². The summed E-state index contributed by atoms with van der Waals surface area (Å²) in [5, 5.41) is 15.1. The minimum absolute atomic E-state index is 0.0538. The summed E-state index contributed by atoms with van der Waals surface area (Å²) in [4.78, 5) is 20.7. The van der Waals surface area contributed by atoms with Crippen LogP contribution in [-0.4, -0.2) is 25.8 Å². The Morgan fingerprint density at radius 3 is 2.41 bits per heavy atom. The van der Waals surface area contributed by atoms with Gasteiger partial charge in [-0.15, -0.1) is 0 Å². The average Bonchev–Trinajstić information content (AvgIpc) is 3.44. The minimum Gasteiger partial charge on any atom is -0.508 e. The Labute approximate surface area is 247 Å². The maximum atomic E-state index is 14.2. The molecule has 41 heavy (non-hydrogen) atoms. The predicted octanol–water partition coefficient (Wildman–Crippen LogP) is 8.68. The van der Waals surface area contributed by atoms with E-state index in [1.54, 1.807) is 6.07 Å². The number of aryl methyl sites for hydroxylation is 1. The summed E-state index contributed by atoms with van der Waals surface area (Å²) in [7, 11) is 0. The standard InChI is InChI=1S/C35H50N4O2/c1-4-5-6-7-8-9-10-11-12-13-22-38-25-28(23-37-38)26-39(29-20-21-33(27(2)3)36-24-29)35(41)32-18-14-17-31-30(32)16-15-19-34(31)40/h15-16,19-21,23-25,27,32,40H,4-14,17-18,22,26H2,1-3H3. The van der Waals surface area contributed by atoms with E-state index in [0.717, 1.165) is 60.3 Å². The summed E-state index contributed by atoms with van der Waals surface area (Å²) in [6, 6.07) is 9.61. The molecule has 1 amide bonds. The highest BCUT2D eigenvalue weighted by molar-refractivity contribution is 5.98. The van der Waals surface area contributed by atoms with Crippen LogP contribution in [-0.2, 0) is 24.3 Å². The van der Waals surface area contributed by atoms with Crippen molar-refractivity contribution in [3.63, 3.8) is 0 Å². The third kappa shape index (κ3) is 8.67. The summed E-state index contributed by atoms with van der Waals surface area (Å²) in [6.45, 7) is 7.87. The fraction of sp³-hybridized carbons (Fsp3) is 0.571. The molecule has 0 radical (unpaired) electrons. The van der Waals surface area contributed by atoms with E-state index in [0.29, 0.717) is 18.2 Å². The molecule has 0 bridgehead atoms. The van der Waals surface area contributed by atoms with Crippen molar-refractivity contribution in [1.82, 2.24) is 14.8 Å². The highest BCUT2D eigenvalue weighted by Gasteiger charge is 2.32. The minimum atomic E-state index is -0.280. The van der Waals surface area contributed by atoms with Crippen molar-refractivity contribution in [2.24, 2.45) is 0 Å². The van der Waals surface area contributed by atoms with Crippen LogP contribution in [0.15, 0.2) is 48.9 Å². The van der Waals surface area contributed by atoms with E-state index in [1.807, 2.05) is 46.2 Å². The molecule has 0 aliphatic heterocycles. The van der Waals surface area contributed by atoms with E-state index in [-0.39, 0.29) is 11.8 Å². The highest BCUT2D eigenvalue weighted by Crippen LogP contribution is 2.38. The van der Waals surface area contributed by atoms with E-state index < -0.39 is 0 Å². The molecular weight excluding hydrogens is 508 g/mol. The molecule has 0 saturated heterocycles. The molecule has 1 aliphatic carbocycles. The number of rotatable bonds is 16. The SMILES string of the molecule is CCCCCCCCCCCCn1cc(CN(C(=O)C2CCCc3c(O)cccc32)c2ccc(C(C)C)nc2)cn1. The van der Waals surface area contributed by atoms with Crippen molar-refractivity contribution >= 4 is 11.6 Å². The lowest BCUT2D eigenvalue weighted by molar-refractivity contribution is -0.120. The van der Waals surface area contributed by atoms with Gasteiger partial charge in [0.1, 0.15) is 5.75 Å². The summed E-state index contributed by atoms with van der Waals surface area (Å²) < 4.78 is 2.02. The first-order chi connectivity index (χ1) is 20.0. The number of unbranched alkanes of at least 4 members (excludes halogenated alkanes) is 9. The number of nitrogens with zero attached hydrogens (tertiary/aromatic N) is 4. The second-order valence-corrected chi connectivity index (χ2v) is 12.1. The molecule has 2 heterocycles. The van der Waals surface area contributed by atoms with Crippen LogP contribution < -0.4 is 4.90 Å². The van der Waals surface area contributed by atoms with Crippen LogP contribution in [0.5, 0.6) is 5.75 Å². The number of hydrogen-bond acceptors (Lipinski definition) is 4. The number of carbonyl (C=O) groups excluding carboxylic acids is 1. The van der Waals surface area contributed by atoms with Crippen molar-refractivity contribution in [1.29, 1.82) is 0 Å². The molecule has 1 atom stereocenters. The first-order valence-corrected chi connectivity index (χ1v) is 16.1. The lowest BCUT2D eigenvalue weighted by Gasteiger charge is -2.31. The van der Waals surface area contributed by atoms with Gasteiger partial charge in [-0.25, -0.2) is 0 Å². The van der Waals surface area contributed by atoms with Crippen molar-refractivity contribution in [3.05, 3.63) is 71.3 Å². The lowest BCUT2D eigenvalue weighted by atomic mass is 9.81. The topological polar surface area (TPSA) is 71.2 Å². The van der Waals surface area contributed by atoms with Gasteiger partial charge in [0.05, 0.1) is 30.5 Å². The van der Waals surface area contributed by atoms with Crippen molar-refractivity contribution in [2.75, 3.05) is 4.90 Å². The van der Waals surface area contributed by atoms with Gasteiger partial charge in [-0.2, -0.15) is 5.10 Å². The Kier molecular flexibility index (Phi) is 11.8. The Morgan fingerprint density at radius 2 is 1.73 bits per heavy atom. The quantitative estimate of drug-likeness (QED) is 0.179. The number of phenolic OH excluding ortho intramolecular Hbond substituents is 1. The second kappa shape index (κ2) is 15.7. The van der Waals surface area contributed by atoms with Crippen LogP contribution >= 0.6 is 0 Å². The molecule has 1 N–H and O–H groups in total.